The molecule has 1 aromatic carbocycles. The van der Waals surface area contributed by atoms with Gasteiger partial charge in [-0.25, -0.2) is 4.39 Å². The summed E-state index contributed by atoms with van der Waals surface area (Å²) in [7, 11) is 1.64. The van der Waals surface area contributed by atoms with E-state index >= 15 is 0 Å². The molecule has 1 aromatic rings. The van der Waals surface area contributed by atoms with Crippen molar-refractivity contribution in [3.8, 4) is 0 Å². The Kier molecular flexibility index (Phi) is 4.35. The highest BCUT2D eigenvalue weighted by Gasteiger charge is 2.25. The van der Waals surface area contributed by atoms with Crippen LogP contribution >= 0.6 is 15.9 Å². The zero-order valence-electron chi connectivity index (χ0n) is 10.2. The van der Waals surface area contributed by atoms with Gasteiger partial charge in [0.15, 0.2) is 0 Å². The van der Waals surface area contributed by atoms with E-state index in [2.05, 4.69) is 15.9 Å². The predicted molar refractivity (Wildman–Crippen MR) is 70.0 cm³/mol. The molecular weight excluding hydrogens is 301 g/mol. The van der Waals surface area contributed by atoms with Crippen molar-refractivity contribution < 1.29 is 13.9 Å². The third-order valence-corrected chi connectivity index (χ3v) is 3.65. The van der Waals surface area contributed by atoms with Crippen LogP contribution in [0.5, 0.6) is 0 Å². The Morgan fingerprint density at radius 3 is 3.00 bits per heavy atom. The Balaban J connectivity index is 2.15. The summed E-state index contributed by atoms with van der Waals surface area (Å²) in [5.41, 5.74) is 0.120. The molecule has 1 heterocycles. The van der Waals surface area contributed by atoms with Gasteiger partial charge in [-0.1, -0.05) is 15.9 Å². The van der Waals surface area contributed by atoms with Crippen LogP contribution in [0.25, 0.3) is 0 Å². The highest BCUT2D eigenvalue weighted by Crippen LogP contribution is 2.20. The van der Waals surface area contributed by atoms with E-state index in [0.717, 1.165) is 12.8 Å². The molecule has 1 aliphatic heterocycles. The maximum atomic E-state index is 13.7. The maximum absolute atomic E-state index is 13.7. The van der Waals surface area contributed by atoms with Crippen LogP contribution < -0.4 is 0 Å². The molecule has 1 saturated heterocycles. The first-order chi connectivity index (χ1) is 8.61. The molecule has 0 spiro atoms. The second-order valence-corrected chi connectivity index (χ2v) is 5.29. The molecule has 0 radical (unpaired) electrons. The van der Waals surface area contributed by atoms with E-state index < -0.39 is 5.82 Å². The first-order valence-electron chi connectivity index (χ1n) is 5.89. The lowest BCUT2D eigenvalue weighted by Crippen LogP contribution is -2.43. The van der Waals surface area contributed by atoms with Gasteiger partial charge in [-0.3, -0.25) is 4.79 Å². The van der Waals surface area contributed by atoms with Gasteiger partial charge >= 0.3 is 0 Å². The molecule has 5 heteroatoms. The van der Waals surface area contributed by atoms with Crippen LogP contribution in [0.1, 0.15) is 23.2 Å². The Labute approximate surface area is 114 Å². The molecule has 1 unspecified atom stereocenters. The molecule has 0 aromatic heterocycles. The van der Waals surface area contributed by atoms with E-state index in [-0.39, 0.29) is 17.6 Å². The third-order valence-electron chi connectivity index (χ3n) is 3.16. The minimum atomic E-state index is -0.492. The number of hydrogen-bond donors (Lipinski definition) is 0. The van der Waals surface area contributed by atoms with Crippen molar-refractivity contribution in [1.29, 1.82) is 0 Å². The minimum Gasteiger partial charge on any atom is -0.380 e. The second-order valence-electron chi connectivity index (χ2n) is 4.38. The fourth-order valence-electron chi connectivity index (χ4n) is 2.15. The molecule has 18 heavy (non-hydrogen) atoms. The zero-order chi connectivity index (χ0) is 13.1. The van der Waals surface area contributed by atoms with Crippen molar-refractivity contribution in [2.75, 3.05) is 20.2 Å². The topological polar surface area (TPSA) is 29.5 Å². The number of amides is 1. The van der Waals surface area contributed by atoms with Gasteiger partial charge in [0.2, 0.25) is 0 Å². The average Bonchev–Trinajstić information content (AvgIpc) is 2.38. The van der Waals surface area contributed by atoms with Gasteiger partial charge in [-0.05, 0) is 31.0 Å². The minimum absolute atomic E-state index is 0.0567. The molecule has 98 valence electrons. The smallest absolute Gasteiger partial charge is 0.256 e. The number of nitrogens with zero attached hydrogens (tertiary/aromatic N) is 1. The molecule has 2 rings (SSSR count). The van der Waals surface area contributed by atoms with Crippen LogP contribution in [0.15, 0.2) is 22.7 Å². The maximum Gasteiger partial charge on any atom is 0.256 e. The van der Waals surface area contributed by atoms with Crippen LogP contribution in [-0.4, -0.2) is 37.1 Å². The van der Waals surface area contributed by atoms with Gasteiger partial charge in [0.25, 0.3) is 5.91 Å². The standard InChI is InChI=1S/C13H15BrFNO2/c1-18-10-3-2-6-16(8-10)13(17)11-5-4-9(14)7-12(11)15/h4-5,7,10H,2-3,6,8H2,1H3. The van der Waals surface area contributed by atoms with Gasteiger partial charge in [0, 0.05) is 24.7 Å². The number of methoxy groups -OCH3 is 1. The Hall–Kier alpha value is -0.940. The molecule has 1 fully saturated rings. The molecule has 1 atom stereocenters. The van der Waals surface area contributed by atoms with Gasteiger partial charge < -0.3 is 9.64 Å². The quantitative estimate of drug-likeness (QED) is 0.840. The lowest BCUT2D eigenvalue weighted by atomic mass is 10.1. The van der Waals surface area contributed by atoms with Crippen molar-refractivity contribution >= 4 is 21.8 Å². The fraction of sp³-hybridized carbons (Fsp3) is 0.462. The molecule has 0 N–H and O–H groups in total. The molecule has 0 saturated carbocycles. The first kappa shape index (κ1) is 13.5. The number of benzene rings is 1. The van der Waals surface area contributed by atoms with Gasteiger partial charge in [0.05, 0.1) is 11.7 Å². The number of halogens is 2. The van der Waals surface area contributed by atoms with E-state index in [4.69, 9.17) is 4.74 Å². The number of rotatable bonds is 2. The molecule has 1 amide bonds. The number of carbonyl (C=O) groups excluding carboxylic acids is 1. The monoisotopic (exact) mass is 315 g/mol. The molecule has 3 nitrogen and oxygen atoms in total. The highest BCUT2D eigenvalue weighted by atomic mass is 79.9. The van der Waals surface area contributed by atoms with E-state index in [0.29, 0.717) is 17.6 Å². The van der Waals surface area contributed by atoms with E-state index in [1.54, 1.807) is 18.1 Å². The number of likely N-dealkylation sites (tertiary alicyclic amines) is 1. The summed E-state index contributed by atoms with van der Waals surface area (Å²) in [5, 5.41) is 0. The van der Waals surface area contributed by atoms with Crippen LogP contribution in [0.4, 0.5) is 4.39 Å². The van der Waals surface area contributed by atoms with Gasteiger partial charge in [-0.15, -0.1) is 0 Å². The summed E-state index contributed by atoms with van der Waals surface area (Å²) >= 11 is 3.18. The summed E-state index contributed by atoms with van der Waals surface area (Å²) < 4.78 is 19.6. The molecular formula is C13H15BrFNO2. The lowest BCUT2D eigenvalue weighted by Gasteiger charge is -2.32. The number of hydrogen-bond acceptors (Lipinski definition) is 2. The van der Waals surface area contributed by atoms with Crippen LogP contribution in [0, 0.1) is 5.82 Å². The molecule has 0 aliphatic carbocycles. The van der Waals surface area contributed by atoms with Crippen molar-refractivity contribution in [2.45, 2.75) is 18.9 Å². The molecule has 0 bridgehead atoms. The van der Waals surface area contributed by atoms with E-state index in [1.807, 2.05) is 0 Å². The normalized spacial score (nSPS) is 19.9. The van der Waals surface area contributed by atoms with Crippen LogP contribution in [0.2, 0.25) is 0 Å². The number of ether oxygens (including phenoxy) is 1. The summed E-state index contributed by atoms with van der Waals surface area (Å²) in [6.07, 6.45) is 1.90. The number of piperidine rings is 1. The van der Waals surface area contributed by atoms with Crippen molar-refractivity contribution in [3.63, 3.8) is 0 Å². The highest BCUT2D eigenvalue weighted by molar-refractivity contribution is 9.10. The largest absolute Gasteiger partial charge is 0.380 e. The third kappa shape index (κ3) is 2.90. The van der Waals surface area contributed by atoms with Gasteiger partial charge in [0.1, 0.15) is 5.82 Å². The lowest BCUT2D eigenvalue weighted by molar-refractivity contribution is 0.0266. The van der Waals surface area contributed by atoms with Crippen molar-refractivity contribution in [2.24, 2.45) is 0 Å². The summed E-state index contributed by atoms with van der Waals surface area (Å²) in [5.74, 6) is -0.754. The predicted octanol–water partition coefficient (Wildman–Crippen LogP) is 2.84. The van der Waals surface area contributed by atoms with Gasteiger partial charge in [-0.2, -0.15) is 0 Å². The summed E-state index contributed by atoms with van der Waals surface area (Å²) in [4.78, 5) is 13.9. The van der Waals surface area contributed by atoms with E-state index in [9.17, 15) is 9.18 Å². The van der Waals surface area contributed by atoms with Crippen LogP contribution in [-0.2, 0) is 4.74 Å². The second kappa shape index (κ2) is 5.80. The van der Waals surface area contributed by atoms with E-state index in [1.165, 1.54) is 12.1 Å². The van der Waals surface area contributed by atoms with Crippen molar-refractivity contribution in [3.05, 3.63) is 34.1 Å². The average molecular weight is 316 g/mol. The molecule has 1 aliphatic rings. The Bertz CT molecular complexity index is 453. The summed E-state index contributed by atoms with van der Waals surface area (Å²) in [6, 6.07) is 4.50. The zero-order valence-corrected chi connectivity index (χ0v) is 11.7. The summed E-state index contributed by atoms with van der Waals surface area (Å²) in [6.45, 7) is 1.19. The fourth-order valence-corrected chi connectivity index (χ4v) is 2.48. The van der Waals surface area contributed by atoms with Crippen molar-refractivity contribution in [1.82, 2.24) is 4.90 Å². The van der Waals surface area contributed by atoms with Crippen LogP contribution in [0.3, 0.4) is 0 Å². The Morgan fingerprint density at radius 2 is 2.33 bits per heavy atom. The SMILES string of the molecule is COC1CCCN(C(=O)c2ccc(Br)cc2F)C1. The first-order valence-corrected chi connectivity index (χ1v) is 6.68. The Morgan fingerprint density at radius 1 is 1.56 bits per heavy atom. The number of carbonyl (C=O) groups is 1.